The Morgan fingerprint density at radius 3 is 1.62 bits per heavy atom. The molecule has 0 bridgehead atoms. The molecule has 258 valence electrons. The van der Waals surface area contributed by atoms with Crippen LogP contribution in [-0.2, 0) is 27.2 Å². The first-order valence-electron chi connectivity index (χ1n) is 14.2. The number of hydrogen-bond acceptors (Lipinski definition) is 12. The number of rotatable bonds is 3. The van der Waals surface area contributed by atoms with E-state index in [1.807, 2.05) is 6.07 Å². The number of Topliss-reactive ketones (excluding diaryl/α,β-unsaturated/α-hetero) is 2. The van der Waals surface area contributed by atoms with E-state index in [-0.39, 0.29) is 45.5 Å². The zero-order valence-corrected chi connectivity index (χ0v) is 30.2. The first-order chi connectivity index (χ1) is 21.9. The lowest BCUT2D eigenvalue weighted by Gasteiger charge is -2.31. The Morgan fingerprint density at radius 1 is 0.812 bits per heavy atom. The Labute approximate surface area is 293 Å². The number of anilines is 2. The van der Waals surface area contributed by atoms with Crippen molar-refractivity contribution in [2.24, 2.45) is 0 Å². The summed E-state index contributed by atoms with van der Waals surface area (Å²) in [5, 5.41) is 29.6. The zero-order valence-electron chi connectivity index (χ0n) is 27.0. The molecule has 0 atom stereocenters. The Hall–Kier alpha value is -4.57. The number of fused-ring (bicyclic) bond motifs is 2. The van der Waals surface area contributed by atoms with Crippen LogP contribution in [0.2, 0.25) is 0 Å². The highest BCUT2D eigenvalue weighted by molar-refractivity contribution is 9.20. The average Bonchev–Trinajstić information content (AvgIpc) is 2.95. The molecule has 48 heavy (non-hydrogen) atoms. The van der Waals surface area contributed by atoms with Crippen LogP contribution in [0.15, 0.2) is 54.6 Å². The number of phenolic OH excluding ortho intramolecular Hbond substituents is 1. The minimum atomic E-state index is -0.901. The number of nitrogen functional groups attached to an aromatic ring is 2. The summed E-state index contributed by atoms with van der Waals surface area (Å²) in [4.78, 5) is 53.2. The number of ketones is 2. The van der Waals surface area contributed by atoms with Gasteiger partial charge in [0, 0.05) is 47.9 Å². The maximum Gasteiger partial charge on any atom is 0.273 e. The summed E-state index contributed by atoms with van der Waals surface area (Å²) in [5.74, 6) is 0.983. The van der Waals surface area contributed by atoms with E-state index >= 15 is 0 Å². The number of carbonyl (C=O) groups excluding carboxylic acids is 3. The number of carbonyl (C=O) groups is 3. The van der Waals surface area contributed by atoms with Gasteiger partial charge in [0.1, 0.15) is 17.2 Å². The van der Waals surface area contributed by atoms with Crippen molar-refractivity contribution in [1.29, 1.82) is 0 Å². The molecule has 0 unspecified atom stereocenters. The van der Waals surface area contributed by atoms with E-state index in [4.69, 9.17) is 26.0 Å². The molecular formula is C32H36Br2N4O10. The average molecular weight is 796 g/mol. The molecular weight excluding hydrogens is 760 g/mol. The van der Waals surface area contributed by atoms with Crippen LogP contribution in [0.1, 0.15) is 52.7 Å². The monoisotopic (exact) mass is 794 g/mol. The van der Waals surface area contributed by atoms with Gasteiger partial charge in [-0.15, -0.1) is 0 Å². The highest BCUT2D eigenvalue weighted by atomic mass is 79.9. The number of nitrogens with zero attached hydrogens (tertiary/aromatic N) is 2. The number of phenols is 1. The standard InChI is InChI=1S/C11H11NO4.C11H13NO2.C6H6N2O3.C4H6Br2O/c1-11(2)10(13)5-7-3-4-8(12(14)15)6-9(7)16-11;1-11(2)10(13)5-7-3-4-8(12)6-9(7)14-11;7-5-2-1-4(8(10)11)3-6(5)9;1-4(2,6)3(5)7/h3-4,6H,5H2,1-2H3;3-4,6H,5,12H2,1-2H3;1-3,9H,7H2;1-2H3. The summed E-state index contributed by atoms with van der Waals surface area (Å²) in [6.07, 6.45) is 0.697. The Bertz CT molecular complexity index is 1740. The van der Waals surface area contributed by atoms with Crippen LogP contribution in [0, 0.1) is 20.2 Å². The van der Waals surface area contributed by atoms with Crippen molar-refractivity contribution < 1.29 is 38.8 Å². The van der Waals surface area contributed by atoms with Gasteiger partial charge in [0.15, 0.2) is 22.8 Å². The molecule has 0 aliphatic carbocycles. The number of aromatic hydroxyl groups is 1. The van der Waals surface area contributed by atoms with E-state index in [1.165, 1.54) is 24.3 Å². The van der Waals surface area contributed by atoms with Gasteiger partial charge in [0.05, 0.1) is 32.0 Å². The molecule has 0 amide bonds. The quantitative estimate of drug-likeness (QED) is 0.0654. The molecule has 2 aliphatic rings. The number of hydrogen-bond donors (Lipinski definition) is 3. The van der Waals surface area contributed by atoms with Gasteiger partial charge in [-0.25, -0.2) is 0 Å². The molecule has 14 nitrogen and oxygen atoms in total. The Balaban J connectivity index is 0.000000231. The lowest BCUT2D eigenvalue weighted by molar-refractivity contribution is -0.385. The Kier molecular flexibility index (Phi) is 12.8. The fourth-order valence-corrected chi connectivity index (χ4v) is 3.79. The molecule has 0 saturated carbocycles. The number of alkyl halides is 1. The highest BCUT2D eigenvalue weighted by Crippen LogP contribution is 2.34. The van der Waals surface area contributed by atoms with Crippen molar-refractivity contribution >= 4 is 70.9 Å². The van der Waals surface area contributed by atoms with Crippen LogP contribution < -0.4 is 20.9 Å². The number of nitrogens with two attached hydrogens (primary N) is 2. The molecule has 5 rings (SSSR count). The largest absolute Gasteiger partial charge is 0.506 e. The smallest absolute Gasteiger partial charge is 0.273 e. The Morgan fingerprint density at radius 2 is 1.21 bits per heavy atom. The molecule has 2 aliphatic heterocycles. The van der Waals surface area contributed by atoms with Gasteiger partial charge in [0.2, 0.25) is 4.69 Å². The predicted octanol–water partition coefficient (Wildman–Crippen LogP) is 6.39. The zero-order chi connectivity index (χ0) is 36.8. The number of nitro benzene ring substituents is 2. The summed E-state index contributed by atoms with van der Waals surface area (Å²) in [6, 6.07) is 13.2. The van der Waals surface area contributed by atoms with Crippen molar-refractivity contribution in [3.63, 3.8) is 0 Å². The van der Waals surface area contributed by atoms with E-state index < -0.39 is 25.4 Å². The van der Waals surface area contributed by atoms with Crippen LogP contribution in [0.4, 0.5) is 22.7 Å². The topological polar surface area (TPSA) is 228 Å². The van der Waals surface area contributed by atoms with Crippen molar-refractivity contribution in [2.45, 2.75) is 69.9 Å². The molecule has 0 saturated heterocycles. The molecule has 0 fully saturated rings. The van der Waals surface area contributed by atoms with Crippen molar-refractivity contribution in [1.82, 2.24) is 0 Å². The number of halogens is 2. The van der Waals surface area contributed by atoms with E-state index in [1.54, 1.807) is 59.7 Å². The number of non-ortho nitro benzene ring substituents is 2. The molecule has 3 aromatic rings. The SMILES string of the molecule is CC(C)(Br)C(=O)Br.CC1(C)Oc2cc(N)ccc2CC1=O.CC1(C)Oc2cc([N+](=O)[O-])ccc2CC1=O.Nc1ccc([N+](=O)[O-])cc1O. The fraction of sp³-hybridized carbons (Fsp3) is 0.344. The molecule has 16 heteroatoms. The third-order valence-electron chi connectivity index (χ3n) is 6.82. The first kappa shape index (κ1) is 39.6. The summed E-state index contributed by atoms with van der Waals surface area (Å²) in [6.45, 7) is 10.4. The lowest BCUT2D eigenvalue weighted by atomic mass is 9.93. The normalized spacial score (nSPS) is 15.1. The van der Waals surface area contributed by atoms with Gasteiger partial charge in [-0.1, -0.05) is 22.0 Å². The molecule has 0 spiro atoms. The van der Waals surface area contributed by atoms with Crippen molar-refractivity contribution in [3.05, 3.63) is 86.0 Å². The van der Waals surface area contributed by atoms with Crippen molar-refractivity contribution in [2.75, 3.05) is 11.5 Å². The van der Waals surface area contributed by atoms with Crippen molar-refractivity contribution in [3.8, 4) is 17.2 Å². The van der Waals surface area contributed by atoms with Gasteiger partial charge >= 0.3 is 0 Å². The van der Waals surface area contributed by atoms with Gasteiger partial charge in [-0.3, -0.25) is 34.6 Å². The minimum absolute atomic E-state index is 0.0196. The first-order valence-corrected chi connectivity index (χ1v) is 15.7. The minimum Gasteiger partial charge on any atom is -0.506 e. The molecule has 0 radical (unpaired) electrons. The fourth-order valence-electron chi connectivity index (χ4n) is 3.79. The summed E-state index contributed by atoms with van der Waals surface area (Å²) in [7, 11) is 0. The van der Waals surface area contributed by atoms with Gasteiger partial charge in [-0.2, -0.15) is 0 Å². The maximum absolute atomic E-state index is 11.6. The van der Waals surface area contributed by atoms with Crippen LogP contribution in [0.3, 0.4) is 0 Å². The van der Waals surface area contributed by atoms with Crippen LogP contribution in [0.5, 0.6) is 17.2 Å². The van der Waals surface area contributed by atoms with Crippen LogP contribution in [-0.4, -0.2) is 46.7 Å². The summed E-state index contributed by atoms with van der Waals surface area (Å²) >= 11 is 5.96. The molecule has 3 aromatic carbocycles. The highest BCUT2D eigenvalue weighted by Gasteiger charge is 2.36. The molecule has 2 heterocycles. The van der Waals surface area contributed by atoms with Gasteiger partial charge in [-0.05, 0) is 75.7 Å². The van der Waals surface area contributed by atoms with Crippen LogP contribution in [0.25, 0.3) is 0 Å². The van der Waals surface area contributed by atoms with Gasteiger partial charge < -0.3 is 26.0 Å². The van der Waals surface area contributed by atoms with E-state index in [2.05, 4.69) is 31.9 Å². The predicted molar refractivity (Wildman–Crippen MR) is 187 cm³/mol. The molecule has 5 N–H and O–H groups in total. The van der Waals surface area contributed by atoms with E-state index in [0.717, 1.165) is 17.4 Å². The van der Waals surface area contributed by atoms with E-state index in [9.17, 15) is 34.6 Å². The second-order valence-corrected chi connectivity index (χ2v) is 14.8. The third-order valence-corrected chi connectivity index (χ3v) is 8.70. The molecule has 0 aromatic heterocycles. The number of benzene rings is 3. The maximum atomic E-state index is 11.6. The van der Waals surface area contributed by atoms with Gasteiger partial charge in [0.25, 0.3) is 11.4 Å². The van der Waals surface area contributed by atoms with E-state index in [0.29, 0.717) is 23.4 Å². The second-order valence-electron chi connectivity index (χ2n) is 12.1. The summed E-state index contributed by atoms with van der Waals surface area (Å²) in [5.41, 5.74) is 11.5. The third kappa shape index (κ3) is 11.0. The van der Waals surface area contributed by atoms with Crippen LogP contribution >= 0.6 is 31.9 Å². The number of ether oxygens (including phenoxy) is 2. The summed E-state index contributed by atoms with van der Waals surface area (Å²) < 4.78 is 10.6. The number of nitro groups is 2. The second kappa shape index (κ2) is 15.6. The lowest BCUT2D eigenvalue weighted by Crippen LogP contribution is -2.42.